The van der Waals surface area contributed by atoms with Crippen LogP contribution in [0.5, 0.6) is 0 Å². The van der Waals surface area contributed by atoms with E-state index in [-0.39, 0.29) is 41.0 Å². The van der Waals surface area contributed by atoms with Gasteiger partial charge in [-0.2, -0.15) is 9.65 Å². The number of aryl methyl sites for hydroxylation is 1. The highest BCUT2D eigenvalue weighted by Crippen LogP contribution is 2.17. The van der Waals surface area contributed by atoms with Gasteiger partial charge in [-0.3, -0.25) is 19.1 Å². The number of aromatic amines is 1. The molecule has 7 nitrogen and oxygen atoms in total. The Morgan fingerprint density at radius 3 is 2.68 bits per heavy atom. The number of pyridine rings is 1. The van der Waals surface area contributed by atoms with Crippen LogP contribution in [0.15, 0.2) is 46.5 Å². The molecule has 0 aliphatic carbocycles. The summed E-state index contributed by atoms with van der Waals surface area (Å²) in [6.07, 6.45) is 1.55. The van der Waals surface area contributed by atoms with Crippen LogP contribution in [-0.4, -0.2) is 20.3 Å². The zero-order chi connectivity index (χ0) is 22.7. The predicted molar refractivity (Wildman–Crippen MR) is 113 cm³/mol. The van der Waals surface area contributed by atoms with Gasteiger partial charge < -0.3 is 0 Å². The number of aromatic nitrogens is 3. The van der Waals surface area contributed by atoms with Gasteiger partial charge in [0.05, 0.1) is 23.9 Å². The fourth-order valence-corrected chi connectivity index (χ4v) is 3.42. The molecule has 0 fully saturated rings. The van der Waals surface area contributed by atoms with Crippen LogP contribution in [0.3, 0.4) is 0 Å². The number of H-pyrrole nitrogens is 1. The number of carbonyl (C=O) groups is 1. The molecule has 0 bridgehead atoms. The summed E-state index contributed by atoms with van der Waals surface area (Å²) in [7, 11) is 0. The summed E-state index contributed by atoms with van der Waals surface area (Å²) in [6, 6.07) is 9.29. The smallest absolute Gasteiger partial charge is 0.287 e. The minimum Gasteiger partial charge on any atom is -0.287 e. The number of nitriles is 1. The standard InChI is InChI=1S/C23H19FN4O3/c1-4-17-9-15(10-19(24)26-17)12-28-20(18(5-2)22(30)27-23(28)31)21(29)16-7-13(3)6-14(8-16)11-25/h4,6-10H,1,5,12H2,2-3H3,(H,27,30,31). The first-order chi connectivity index (χ1) is 14.8. The second kappa shape index (κ2) is 8.71. The fourth-order valence-electron chi connectivity index (χ4n) is 3.42. The first kappa shape index (κ1) is 21.6. The second-order valence-corrected chi connectivity index (χ2v) is 6.98. The van der Waals surface area contributed by atoms with Crippen molar-refractivity contribution in [1.82, 2.24) is 14.5 Å². The second-order valence-electron chi connectivity index (χ2n) is 6.98. The lowest BCUT2D eigenvalue weighted by Gasteiger charge is -2.15. The number of benzene rings is 1. The highest BCUT2D eigenvalue weighted by molar-refractivity contribution is 6.09. The highest BCUT2D eigenvalue weighted by Gasteiger charge is 2.23. The molecule has 156 valence electrons. The van der Waals surface area contributed by atoms with E-state index in [1.54, 1.807) is 26.0 Å². The van der Waals surface area contributed by atoms with Crippen LogP contribution < -0.4 is 11.2 Å². The van der Waals surface area contributed by atoms with Crippen LogP contribution >= 0.6 is 0 Å². The predicted octanol–water partition coefficient (Wildman–Crippen LogP) is 2.74. The maximum absolute atomic E-state index is 13.9. The Balaban J connectivity index is 2.26. The maximum Gasteiger partial charge on any atom is 0.329 e. The summed E-state index contributed by atoms with van der Waals surface area (Å²) in [6.45, 7) is 6.82. The molecule has 0 saturated heterocycles. The third kappa shape index (κ3) is 4.41. The van der Waals surface area contributed by atoms with Gasteiger partial charge in [-0.15, -0.1) is 0 Å². The number of carbonyl (C=O) groups excluding carboxylic acids is 1. The topological polar surface area (TPSA) is 109 Å². The molecule has 0 unspecified atom stereocenters. The summed E-state index contributed by atoms with van der Waals surface area (Å²) in [5.74, 6) is -1.33. The van der Waals surface area contributed by atoms with E-state index in [9.17, 15) is 24.0 Å². The average Bonchev–Trinajstić information content (AvgIpc) is 2.73. The van der Waals surface area contributed by atoms with Crippen molar-refractivity contribution in [2.75, 3.05) is 0 Å². The average molecular weight is 418 g/mol. The van der Waals surface area contributed by atoms with E-state index < -0.39 is 23.0 Å². The van der Waals surface area contributed by atoms with Gasteiger partial charge in [-0.1, -0.05) is 13.5 Å². The van der Waals surface area contributed by atoms with E-state index in [1.807, 2.05) is 6.07 Å². The van der Waals surface area contributed by atoms with Crippen molar-refractivity contribution in [2.24, 2.45) is 0 Å². The summed E-state index contributed by atoms with van der Waals surface area (Å²) >= 11 is 0. The third-order valence-corrected chi connectivity index (χ3v) is 4.76. The Kier molecular flexibility index (Phi) is 6.07. The molecule has 1 N–H and O–H groups in total. The largest absolute Gasteiger partial charge is 0.329 e. The van der Waals surface area contributed by atoms with Crippen molar-refractivity contribution in [3.05, 3.63) is 103 Å². The molecule has 0 atom stereocenters. The van der Waals surface area contributed by atoms with Crippen LogP contribution in [0, 0.1) is 24.2 Å². The highest BCUT2D eigenvalue weighted by atomic mass is 19.1. The minimum atomic E-state index is -0.795. The first-order valence-corrected chi connectivity index (χ1v) is 9.48. The van der Waals surface area contributed by atoms with Gasteiger partial charge in [0.2, 0.25) is 11.7 Å². The molecule has 3 rings (SSSR count). The van der Waals surface area contributed by atoms with Crippen LogP contribution in [0.25, 0.3) is 6.08 Å². The van der Waals surface area contributed by atoms with E-state index in [0.29, 0.717) is 11.1 Å². The summed E-state index contributed by atoms with van der Waals surface area (Å²) in [5.41, 5.74) is 0.369. The Hall–Kier alpha value is -4.12. The van der Waals surface area contributed by atoms with E-state index in [1.165, 1.54) is 18.2 Å². The Morgan fingerprint density at radius 2 is 2.03 bits per heavy atom. The van der Waals surface area contributed by atoms with E-state index in [2.05, 4.69) is 16.5 Å². The summed E-state index contributed by atoms with van der Waals surface area (Å²) in [5, 5.41) is 9.23. The molecule has 1 aromatic carbocycles. The third-order valence-electron chi connectivity index (χ3n) is 4.76. The summed E-state index contributed by atoms with van der Waals surface area (Å²) in [4.78, 5) is 44.4. The van der Waals surface area contributed by atoms with Gasteiger partial charge in [-0.05, 0) is 60.9 Å². The molecule has 0 aliphatic heterocycles. The molecule has 3 aromatic rings. The van der Waals surface area contributed by atoms with Gasteiger partial charge in [0.25, 0.3) is 5.56 Å². The van der Waals surface area contributed by atoms with Crippen LogP contribution in [0.1, 0.15) is 50.9 Å². The van der Waals surface area contributed by atoms with Crippen molar-refractivity contribution < 1.29 is 9.18 Å². The van der Waals surface area contributed by atoms with Crippen molar-refractivity contribution >= 4 is 11.9 Å². The molecular formula is C23H19FN4O3. The molecule has 0 aliphatic rings. The van der Waals surface area contributed by atoms with Crippen molar-refractivity contribution in [1.29, 1.82) is 5.26 Å². The number of hydrogen-bond acceptors (Lipinski definition) is 5. The molecule has 0 saturated carbocycles. The number of nitrogens with zero attached hydrogens (tertiary/aromatic N) is 3. The minimum absolute atomic E-state index is 0.0943. The van der Waals surface area contributed by atoms with Crippen LogP contribution in [0.4, 0.5) is 4.39 Å². The molecule has 31 heavy (non-hydrogen) atoms. The Labute approximate surface area is 177 Å². The van der Waals surface area contributed by atoms with Gasteiger partial charge in [0.15, 0.2) is 0 Å². The molecule has 2 aromatic heterocycles. The SMILES string of the molecule is C=Cc1cc(Cn2c(C(=O)c3cc(C)cc(C#N)c3)c(CC)c(=O)[nH]c2=O)cc(F)n1. The van der Waals surface area contributed by atoms with Crippen LogP contribution in [-0.2, 0) is 13.0 Å². The fraction of sp³-hybridized carbons (Fsp3) is 0.174. The molecular weight excluding hydrogens is 399 g/mol. The summed E-state index contributed by atoms with van der Waals surface area (Å²) < 4.78 is 15.0. The van der Waals surface area contributed by atoms with Crippen molar-refractivity contribution in [3.63, 3.8) is 0 Å². The zero-order valence-corrected chi connectivity index (χ0v) is 17.0. The molecule has 0 spiro atoms. The number of halogens is 1. The molecule has 8 heteroatoms. The lowest BCUT2D eigenvalue weighted by molar-refractivity contribution is 0.102. The molecule has 0 radical (unpaired) electrons. The van der Waals surface area contributed by atoms with Crippen molar-refractivity contribution in [2.45, 2.75) is 26.8 Å². The Morgan fingerprint density at radius 1 is 1.29 bits per heavy atom. The first-order valence-electron chi connectivity index (χ1n) is 9.48. The normalized spacial score (nSPS) is 10.5. The van der Waals surface area contributed by atoms with E-state index in [0.717, 1.165) is 10.6 Å². The quantitative estimate of drug-likeness (QED) is 0.489. The molecule has 0 amide bonds. The monoisotopic (exact) mass is 418 g/mol. The van der Waals surface area contributed by atoms with Crippen molar-refractivity contribution in [3.8, 4) is 6.07 Å². The zero-order valence-electron chi connectivity index (χ0n) is 17.0. The number of nitrogens with one attached hydrogen (secondary N) is 1. The molecule has 2 heterocycles. The van der Waals surface area contributed by atoms with Crippen LogP contribution in [0.2, 0.25) is 0 Å². The number of ketones is 1. The lowest BCUT2D eigenvalue weighted by Crippen LogP contribution is -2.37. The van der Waals surface area contributed by atoms with E-state index in [4.69, 9.17) is 0 Å². The van der Waals surface area contributed by atoms with Gasteiger partial charge in [0, 0.05) is 11.1 Å². The lowest BCUT2D eigenvalue weighted by atomic mass is 9.99. The van der Waals surface area contributed by atoms with Gasteiger partial charge in [-0.25, -0.2) is 9.78 Å². The van der Waals surface area contributed by atoms with Gasteiger partial charge >= 0.3 is 5.69 Å². The van der Waals surface area contributed by atoms with E-state index >= 15 is 0 Å². The maximum atomic E-state index is 13.9. The van der Waals surface area contributed by atoms with Gasteiger partial charge in [0.1, 0.15) is 5.69 Å². The number of hydrogen-bond donors (Lipinski definition) is 1. The Bertz CT molecular complexity index is 1360. The number of rotatable bonds is 6.